The zero-order chi connectivity index (χ0) is 19.9. The van der Waals surface area contributed by atoms with E-state index in [0.29, 0.717) is 23.4 Å². The smallest absolute Gasteiger partial charge is 0.228 e. The molecule has 0 saturated heterocycles. The molecule has 1 N–H and O–H groups in total. The summed E-state index contributed by atoms with van der Waals surface area (Å²) in [6.07, 6.45) is 0.291. The Kier molecular flexibility index (Phi) is 7.01. The topological polar surface area (TPSA) is 55.4 Å². The first-order valence-electron chi connectivity index (χ1n) is 8.55. The average molecular weight is 503 g/mol. The van der Waals surface area contributed by atoms with Gasteiger partial charge in [0.1, 0.15) is 5.75 Å². The lowest BCUT2D eigenvalue weighted by atomic mass is 10.1. The molecular weight excluding hydrogens is 486 g/mol. The average Bonchev–Trinajstić information content (AvgIpc) is 2.67. The molecule has 0 aliphatic carbocycles. The van der Waals surface area contributed by atoms with Crippen LogP contribution in [0.3, 0.4) is 0 Å². The van der Waals surface area contributed by atoms with Gasteiger partial charge in [0.15, 0.2) is 12.4 Å². The second-order valence-corrected chi connectivity index (χ2v) is 7.93. The number of rotatable bonds is 7. The van der Waals surface area contributed by atoms with Gasteiger partial charge in [-0.2, -0.15) is 0 Å². The van der Waals surface area contributed by atoms with Crippen molar-refractivity contribution in [2.45, 2.75) is 6.42 Å². The maximum atomic E-state index is 12.2. The van der Waals surface area contributed by atoms with Crippen LogP contribution in [0.1, 0.15) is 15.9 Å². The van der Waals surface area contributed by atoms with Crippen LogP contribution in [-0.2, 0) is 11.2 Å². The third-order valence-electron chi connectivity index (χ3n) is 3.93. The Hall–Kier alpha value is -2.44. The molecule has 0 aromatic heterocycles. The van der Waals surface area contributed by atoms with Gasteiger partial charge in [0, 0.05) is 20.2 Å². The summed E-state index contributed by atoms with van der Waals surface area (Å²) in [6, 6.07) is 21.7. The first-order chi connectivity index (χ1) is 13.5. The van der Waals surface area contributed by atoms with Crippen LogP contribution in [-0.4, -0.2) is 18.3 Å². The molecule has 0 spiro atoms. The third kappa shape index (κ3) is 6.04. The first-order valence-corrected chi connectivity index (χ1v) is 10.1. The SMILES string of the molecule is O=C(Cc1cccc(Br)c1)Nc1ccc(OCC(=O)c2ccc(Br)cc2)cc1. The number of anilines is 1. The maximum Gasteiger partial charge on any atom is 0.228 e. The van der Waals surface area contributed by atoms with E-state index in [1.54, 1.807) is 36.4 Å². The highest BCUT2D eigenvalue weighted by molar-refractivity contribution is 9.10. The number of carbonyl (C=O) groups is 2. The summed E-state index contributed by atoms with van der Waals surface area (Å²) >= 11 is 6.74. The van der Waals surface area contributed by atoms with Gasteiger partial charge in [-0.3, -0.25) is 9.59 Å². The number of hydrogen-bond acceptors (Lipinski definition) is 3. The standard InChI is InChI=1S/C22H17Br2NO3/c23-17-6-4-16(5-7-17)21(26)14-28-20-10-8-19(9-11-20)25-22(27)13-15-2-1-3-18(24)12-15/h1-12H,13-14H2,(H,25,27). The number of carbonyl (C=O) groups excluding carboxylic acids is 2. The van der Waals surface area contributed by atoms with Gasteiger partial charge >= 0.3 is 0 Å². The van der Waals surface area contributed by atoms with Gasteiger partial charge in [-0.1, -0.05) is 56.1 Å². The molecule has 3 aromatic carbocycles. The molecule has 142 valence electrons. The van der Waals surface area contributed by atoms with Crippen LogP contribution in [0.15, 0.2) is 81.7 Å². The summed E-state index contributed by atoms with van der Waals surface area (Å²) in [5.74, 6) is 0.367. The Morgan fingerprint density at radius 3 is 2.25 bits per heavy atom. The van der Waals surface area contributed by atoms with Crippen LogP contribution in [0.5, 0.6) is 5.75 Å². The highest BCUT2D eigenvalue weighted by Gasteiger charge is 2.08. The normalized spacial score (nSPS) is 10.4. The fraction of sp³-hybridized carbons (Fsp3) is 0.0909. The van der Waals surface area contributed by atoms with Gasteiger partial charge in [-0.25, -0.2) is 0 Å². The zero-order valence-corrected chi connectivity index (χ0v) is 18.0. The van der Waals surface area contributed by atoms with Gasteiger partial charge in [0.2, 0.25) is 5.91 Å². The van der Waals surface area contributed by atoms with Crippen LogP contribution >= 0.6 is 31.9 Å². The van der Waals surface area contributed by atoms with E-state index in [4.69, 9.17) is 4.74 Å². The molecule has 0 saturated carbocycles. The number of amides is 1. The monoisotopic (exact) mass is 501 g/mol. The van der Waals surface area contributed by atoms with E-state index in [9.17, 15) is 9.59 Å². The summed E-state index contributed by atoms with van der Waals surface area (Å²) in [4.78, 5) is 24.3. The van der Waals surface area contributed by atoms with Crippen molar-refractivity contribution in [3.8, 4) is 5.75 Å². The van der Waals surface area contributed by atoms with Crippen LogP contribution in [0, 0.1) is 0 Å². The lowest BCUT2D eigenvalue weighted by molar-refractivity contribution is -0.115. The Bertz CT molecular complexity index is 970. The molecular formula is C22H17Br2NO3. The quantitative estimate of drug-likeness (QED) is 0.424. The molecule has 0 radical (unpaired) electrons. The highest BCUT2D eigenvalue weighted by Crippen LogP contribution is 2.18. The fourth-order valence-electron chi connectivity index (χ4n) is 2.54. The van der Waals surface area contributed by atoms with Crippen molar-refractivity contribution in [2.75, 3.05) is 11.9 Å². The van der Waals surface area contributed by atoms with E-state index in [1.807, 2.05) is 36.4 Å². The van der Waals surface area contributed by atoms with Crippen molar-refractivity contribution < 1.29 is 14.3 Å². The van der Waals surface area contributed by atoms with Crippen molar-refractivity contribution in [1.29, 1.82) is 0 Å². The van der Waals surface area contributed by atoms with Gasteiger partial charge in [-0.05, 0) is 54.1 Å². The Labute approximate surface area is 180 Å². The second-order valence-electron chi connectivity index (χ2n) is 6.10. The van der Waals surface area contributed by atoms with Crippen LogP contribution in [0.25, 0.3) is 0 Å². The number of Topliss-reactive ketones (excluding diaryl/α,β-unsaturated/α-hetero) is 1. The molecule has 0 bridgehead atoms. The molecule has 0 fully saturated rings. The largest absolute Gasteiger partial charge is 0.485 e. The lowest BCUT2D eigenvalue weighted by Gasteiger charge is -2.08. The molecule has 4 nitrogen and oxygen atoms in total. The van der Waals surface area contributed by atoms with Crippen molar-refractivity contribution in [3.05, 3.63) is 92.9 Å². The molecule has 28 heavy (non-hydrogen) atoms. The summed E-state index contributed by atoms with van der Waals surface area (Å²) in [7, 11) is 0. The van der Waals surface area contributed by atoms with Crippen molar-refractivity contribution in [3.63, 3.8) is 0 Å². The number of nitrogens with one attached hydrogen (secondary N) is 1. The number of halogens is 2. The lowest BCUT2D eigenvalue weighted by Crippen LogP contribution is -2.14. The molecule has 0 aliphatic rings. The summed E-state index contributed by atoms with van der Waals surface area (Å²) in [5.41, 5.74) is 2.20. The van der Waals surface area contributed by atoms with E-state index in [-0.39, 0.29) is 18.3 Å². The van der Waals surface area contributed by atoms with Gasteiger partial charge in [-0.15, -0.1) is 0 Å². The van der Waals surface area contributed by atoms with Crippen LogP contribution in [0.4, 0.5) is 5.69 Å². The summed E-state index contributed by atoms with van der Waals surface area (Å²) < 4.78 is 7.40. The Morgan fingerprint density at radius 2 is 1.57 bits per heavy atom. The zero-order valence-electron chi connectivity index (χ0n) is 14.8. The minimum Gasteiger partial charge on any atom is -0.485 e. The molecule has 6 heteroatoms. The molecule has 3 aromatic rings. The number of ether oxygens (including phenoxy) is 1. The Balaban J connectivity index is 1.51. The van der Waals surface area contributed by atoms with Crippen LogP contribution in [0.2, 0.25) is 0 Å². The van der Waals surface area contributed by atoms with Gasteiger partial charge in [0.05, 0.1) is 6.42 Å². The van der Waals surface area contributed by atoms with Gasteiger partial charge < -0.3 is 10.1 Å². The van der Waals surface area contributed by atoms with E-state index in [2.05, 4.69) is 37.2 Å². The summed E-state index contributed by atoms with van der Waals surface area (Å²) in [6.45, 7) is -0.0454. The fourth-order valence-corrected chi connectivity index (χ4v) is 3.25. The molecule has 1 amide bonds. The highest BCUT2D eigenvalue weighted by atomic mass is 79.9. The van der Waals surface area contributed by atoms with E-state index in [0.717, 1.165) is 14.5 Å². The molecule has 0 unspecified atom stereocenters. The van der Waals surface area contributed by atoms with E-state index >= 15 is 0 Å². The van der Waals surface area contributed by atoms with Gasteiger partial charge in [0.25, 0.3) is 0 Å². The van der Waals surface area contributed by atoms with Crippen LogP contribution < -0.4 is 10.1 Å². The van der Waals surface area contributed by atoms with Crippen molar-refractivity contribution in [2.24, 2.45) is 0 Å². The predicted octanol–water partition coefficient (Wildman–Crippen LogP) is 5.65. The molecule has 0 aliphatic heterocycles. The first kappa shape index (κ1) is 20.3. The molecule has 0 atom stereocenters. The molecule has 0 heterocycles. The molecule has 3 rings (SSSR count). The van der Waals surface area contributed by atoms with E-state index < -0.39 is 0 Å². The van der Waals surface area contributed by atoms with E-state index in [1.165, 1.54) is 0 Å². The van der Waals surface area contributed by atoms with Crippen molar-refractivity contribution in [1.82, 2.24) is 0 Å². The number of hydrogen-bond donors (Lipinski definition) is 1. The maximum absolute atomic E-state index is 12.2. The van der Waals surface area contributed by atoms with Crippen molar-refractivity contribution >= 4 is 49.2 Å². The minimum absolute atomic E-state index is 0.0454. The summed E-state index contributed by atoms with van der Waals surface area (Å²) in [5, 5.41) is 2.85. The number of ketones is 1. The number of benzene rings is 3. The Morgan fingerprint density at radius 1 is 0.857 bits per heavy atom. The predicted molar refractivity (Wildman–Crippen MR) is 117 cm³/mol. The third-order valence-corrected chi connectivity index (χ3v) is 4.95. The second kappa shape index (κ2) is 9.66. The minimum atomic E-state index is -0.0998.